The molecular formula is C14H10N2OS. The number of benzene rings is 1. The minimum absolute atomic E-state index is 0.0568. The molecule has 0 aliphatic heterocycles. The molecule has 3 rings (SSSR count). The lowest BCUT2D eigenvalue weighted by Crippen LogP contribution is -2.03. The summed E-state index contributed by atoms with van der Waals surface area (Å²) in [5.41, 5.74) is 1.92. The summed E-state index contributed by atoms with van der Waals surface area (Å²) in [7, 11) is 0. The lowest BCUT2D eigenvalue weighted by atomic mass is 10.0. The normalized spacial score (nSPS) is 10.7. The van der Waals surface area contributed by atoms with E-state index in [0.717, 1.165) is 16.5 Å². The average molecular weight is 254 g/mol. The second-order valence-corrected chi connectivity index (χ2v) is 4.82. The summed E-state index contributed by atoms with van der Waals surface area (Å²) in [6.07, 6.45) is 3.77. The van der Waals surface area contributed by atoms with Crippen molar-refractivity contribution in [2.45, 2.75) is 6.42 Å². The number of hydrogen-bond donors (Lipinski definition) is 0. The van der Waals surface area contributed by atoms with Gasteiger partial charge >= 0.3 is 0 Å². The van der Waals surface area contributed by atoms with Gasteiger partial charge in [0.1, 0.15) is 0 Å². The fraction of sp³-hybridized carbons (Fsp3) is 0.0714. The van der Waals surface area contributed by atoms with Crippen molar-refractivity contribution in [3.05, 3.63) is 58.7 Å². The van der Waals surface area contributed by atoms with Crippen molar-refractivity contribution in [1.29, 1.82) is 0 Å². The minimum Gasteiger partial charge on any atom is -0.291 e. The molecule has 2 heterocycles. The number of para-hydroxylation sites is 1. The first-order valence-electron chi connectivity index (χ1n) is 5.60. The summed E-state index contributed by atoms with van der Waals surface area (Å²) in [5.74, 6) is 0.0568. The van der Waals surface area contributed by atoms with Crippen molar-refractivity contribution in [3.63, 3.8) is 0 Å². The van der Waals surface area contributed by atoms with Gasteiger partial charge in [-0.2, -0.15) is 0 Å². The number of thiazole rings is 1. The number of carbonyl (C=O) groups is 1. The maximum atomic E-state index is 12.0. The Hall–Kier alpha value is -2.07. The highest BCUT2D eigenvalue weighted by Gasteiger charge is 2.11. The molecule has 0 aliphatic carbocycles. The van der Waals surface area contributed by atoms with Crippen LogP contribution in [0.15, 0.2) is 48.1 Å². The number of nitrogens with zero attached hydrogens (tertiary/aromatic N) is 2. The van der Waals surface area contributed by atoms with E-state index in [2.05, 4.69) is 9.97 Å². The van der Waals surface area contributed by atoms with E-state index in [9.17, 15) is 4.79 Å². The zero-order valence-electron chi connectivity index (χ0n) is 9.54. The molecule has 0 unspecified atom stereocenters. The van der Waals surface area contributed by atoms with Crippen LogP contribution in [0.4, 0.5) is 0 Å². The number of aromatic nitrogens is 2. The van der Waals surface area contributed by atoms with E-state index >= 15 is 0 Å². The third-order valence-corrected chi connectivity index (χ3v) is 3.58. The van der Waals surface area contributed by atoms with Crippen molar-refractivity contribution in [2.75, 3.05) is 0 Å². The van der Waals surface area contributed by atoms with E-state index in [-0.39, 0.29) is 5.78 Å². The molecule has 88 valence electrons. The third kappa shape index (κ3) is 2.02. The Balaban J connectivity index is 1.98. The maximum Gasteiger partial charge on any atom is 0.195 e. The topological polar surface area (TPSA) is 42.9 Å². The maximum absolute atomic E-state index is 12.0. The minimum atomic E-state index is 0.0568. The van der Waals surface area contributed by atoms with Gasteiger partial charge in [0.2, 0.25) is 0 Å². The zero-order chi connectivity index (χ0) is 12.4. The summed E-state index contributed by atoms with van der Waals surface area (Å²) in [5, 5.41) is 3.42. The summed E-state index contributed by atoms with van der Waals surface area (Å²) in [6, 6.07) is 9.75. The van der Waals surface area contributed by atoms with Gasteiger partial charge in [-0.1, -0.05) is 18.2 Å². The Bertz CT molecular complexity index is 687. The fourth-order valence-electron chi connectivity index (χ4n) is 1.92. The molecule has 0 amide bonds. The van der Waals surface area contributed by atoms with Crippen LogP contribution in [0.3, 0.4) is 0 Å². The second kappa shape index (κ2) is 4.66. The molecule has 0 N–H and O–H groups in total. The molecule has 0 aliphatic rings. The predicted octanol–water partition coefficient (Wildman–Crippen LogP) is 3.12. The Kier molecular flexibility index (Phi) is 2.86. The molecule has 0 radical (unpaired) electrons. The largest absolute Gasteiger partial charge is 0.291 e. The van der Waals surface area contributed by atoms with Crippen molar-refractivity contribution < 1.29 is 4.79 Å². The number of fused-ring (bicyclic) bond motifs is 1. The van der Waals surface area contributed by atoms with Crippen LogP contribution >= 0.6 is 11.3 Å². The molecule has 0 fully saturated rings. The third-order valence-electron chi connectivity index (χ3n) is 2.76. The van der Waals surface area contributed by atoms with Crippen LogP contribution in [-0.2, 0) is 6.42 Å². The van der Waals surface area contributed by atoms with Crippen molar-refractivity contribution in [2.24, 2.45) is 0 Å². The molecule has 3 nitrogen and oxygen atoms in total. The standard InChI is InChI=1S/C14H10N2OS/c17-13(14-16-7-8-18-14)9-10-5-6-15-12-4-2-1-3-11(10)12/h1-8H,9H2. The highest BCUT2D eigenvalue weighted by molar-refractivity contribution is 7.11. The molecule has 2 aromatic heterocycles. The number of rotatable bonds is 3. The van der Waals surface area contributed by atoms with Crippen molar-refractivity contribution in [3.8, 4) is 0 Å². The van der Waals surface area contributed by atoms with E-state index in [1.807, 2.05) is 35.7 Å². The van der Waals surface area contributed by atoms with Crippen LogP contribution in [0.25, 0.3) is 10.9 Å². The first kappa shape index (κ1) is 11.0. The molecule has 0 atom stereocenters. The number of pyridine rings is 1. The molecule has 4 heteroatoms. The Morgan fingerprint density at radius 1 is 1.11 bits per heavy atom. The van der Waals surface area contributed by atoms with Crippen LogP contribution in [-0.4, -0.2) is 15.8 Å². The van der Waals surface area contributed by atoms with Gasteiger partial charge in [0.15, 0.2) is 10.8 Å². The summed E-state index contributed by atoms with van der Waals surface area (Å²) < 4.78 is 0. The fourth-order valence-corrected chi connectivity index (χ4v) is 2.49. The lowest BCUT2D eigenvalue weighted by molar-refractivity contribution is 0.0993. The molecule has 3 aromatic rings. The quantitative estimate of drug-likeness (QED) is 0.674. The van der Waals surface area contributed by atoms with Gasteiger partial charge in [0.25, 0.3) is 0 Å². The van der Waals surface area contributed by atoms with Gasteiger partial charge in [0, 0.05) is 29.6 Å². The lowest BCUT2D eigenvalue weighted by Gasteiger charge is -2.03. The highest BCUT2D eigenvalue weighted by Crippen LogP contribution is 2.18. The molecule has 1 aromatic carbocycles. The van der Waals surface area contributed by atoms with Gasteiger partial charge in [-0.15, -0.1) is 11.3 Å². The second-order valence-electron chi connectivity index (χ2n) is 3.92. The van der Waals surface area contributed by atoms with Gasteiger partial charge in [-0.25, -0.2) is 4.98 Å². The van der Waals surface area contributed by atoms with E-state index in [1.165, 1.54) is 11.3 Å². The van der Waals surface area contributed by atoms with Crippen LogP contribution in [0.5, 0.6) is 0 Å². The van der Waals surface area contributed by atoms with E-state index in [0.29, 0.717) is 11.4 Å². The first-order valence-corrected chi connectivity index (χ1v) is 6.48. The smallest absolute Gasteiger partial charge is 0.195 e. The SMILES string of the molecule is O=C(Cc1ccnc2ccccc12)c1nccs1. The average Bonchev–Trinajstić information content (AvgIpc) is 2.93. The molecule has 18 heavy (non-hydrogen) atoms. The number of hydrogen-bond acceptors (Lipinski definition) is 4. The Labute approximate surface area is 108 Å². The van der Waals surface area contributed by atoms with Crippen molar-refractivity contribution in [1.82, 2.24) is 9.97 Å². The first-order chi connectivity index (χ1) is 8.84. The Morgan fingerprint density at radius 3 is 2.83 bits per heavy atom. The monoisotopic (exact) mass is 254 g/mol. The number of ketones is 1. The number of Topliss-reactive ketones (excluding diaryl/α,β-unsaturated/α-hetero) is 1. The van der Waals surface area contributed by atoms with E-state index in [4.69, 9.17) is 0 Å². The van der Waals surface area contributed by atoms with Crippen LogP contribution in [0.1, 0.15) is 15.4 Å². The molecular weight excluding hydrogens is 244 g/mol. The van der Waals surface area contributed by atoms with Gasteiger partial charge in [-0.05, 0) is 17.7 Å². The van der Waals surface area contributed by atoms with Crippen LogP contribution in [0.2, 0.25) is 0 Å². The van der Waals surface area contributed by atoms with Crippen LogP contribution < -0.4 is 0 Å². The highest BCUT2D eigenvalue weighted by atomic mass is 32.1. The van der Waals surface area contributed by atoms with Crippen molar-refractivity contribution >= 4 is 28.0 Å². The Morgan fingerprint density at radius 2 is 2.00 bits per heavy atom. The molecule has 0 saturated heterocycles. The van der Waals surface area contributed by atoms with Gasteiger partial charge < -0.3 is 0 Å². The van der Waals surface area contributed by atoms with Crippen LogP contribution in [0, 0.1) is 0 Å². The van der Waals surface area contributed by atoms with E-state index in [1.54, 1.807) is 12.4 Å². The van der Waals surface area contributed by atoms with E-state index < -0.39 is 0 Å². The van der Waals surface area contributed by atoms with Gasteiger partial charge in [-0.3, -0.25) is 9.78 Å². The predicted molar refractivity (Wildman–Crippen MR) is 71.9 cm³/mol. The number of carbonyl (C=O) groups excluding carboxylic acids is 1. The molecule has 0 saturated carbocycles. The van der Waals surface area contributed by atoms with Gasteiger partial charge in [0.05, 0.1) is 5.52 Å². The summed E-state index contributed by atoms with van der Waals surface area (Å²) in [4.78, 5) is 20.4. The summed E-state index contributed by atoms with van der Waals surface area (Å²) >= 11 is 1.38. The molecule has 0 spiro atoms. The summed E-state index contributed by atoms with van der Waals surface area (Å²) in [6.45, 7) is 0. The molecule has 0 bridgehead atoms. The zero-order valence-corrected chi connectivity index (χ0v) is 10.4.